The van der Waals surface area contributed by atoms with E-state index < -0.39 is 32.6 Å². The van der Waals surface area contributed by atoms with Gasteiger partial charge in [0.05, 0.1) is 34.0 Å². The van der Waals surface area contributed by atoms with E-state index in [-0.39, 0.29) is 37.9 Å². The van der Waals surface area contributed by atoms with Crippen molar-refractivity contribution in [3.8, 4) is 11.5 Å². The Hall–Kier alpha value is -4.64. The van der Waals surface area contributed by atoms with Gasteiger partial charge in [-0.25, -0.2) is 9.36 Å². The Morgan fingerprint density at radius 1 is 0.667 bits per heavy atom. The predicted molar refractivity (Wildman–Crippen MR) is 174 cm³/mol. The van der Waals surface area contributed by atoms with Gasteiger partial charge in [-0.05, 0) is 46.5 Å². The SMILES string of the molecule is COc1ccc(COC2=C(OCc3ccc(OC)cc3)[C@@H]([C@H](CO)OP(=O)(OCc3ccccc3)OCc3ccccc3)OC2=O)cc1. The molecule has 48 heavy (non-hydrogen) atoms. The van der Waals surface area contributed by atoms with Crippen molar-refractivity contribution < 1.29 is 51.7 Å². The molecule has 0 unspecified atom stereocenters. The first-order chi connectivity index (χ1) is 23.4. The van der Waals surface area contributed by atoms with E-state index >= 15 is 0 Å². The molecule has 1 N–H and O–H groups in total. The third-order valence-corrected chi connectivity index (χ3v) is 8.66. The highest BCUT2D eigenvalue weighted by Crippen LogP contribution is 2.53. The second-order valence-corrected chi connectivity index (χ2v) is 12.2. The van der Waals surface area contributed by atoms with Gasteiger partial charge in [0, 0.05) is 0 Å². The lowest BCUT2D eigenvalue weighted by atomic mass is 10.1. The van der Waals surface area contributed by atoms with Gasteiger partial charge < -0.3 is 28.8 Å². The maximum Gasteiger partial charge on any atom is 0.475 e. The first-order valence-electron chi connectivity index (χ1n) is 15.1. The molecule has 2 atom stereocenters. The van der Waals surface area contributed by atoms with Crippen LogP contribution in [0.2, 0.25) is 0 Å². The molecule has 1 aliphatic rings. The number of hydrogen-bond donors (Lipinski definition) is 1. The average Bonchev–Trinajstić information content (AvgIpc) is 3.45. The van der Waals surface area contributed by atoms with Crippen LogP contribution < -0.4 is 9.47 Å². The van der Waals surface area contributed by atoms with Crippen LogP contribution in [-0.4, -0.2) is 44.1 Å². The number of rotatable bonds is 18. The summed E-state index contributed by atoms with van der Waals surface area (Å²) in [5.74, 6) is 0.232. The van der Waals surface area contributed by atoms with Crippen LogP contribution in [0.1, 0.15) is 22.3 Å². The number of hydrogen-bond acceptors (Lipinski definition) is 11. The smallest absolute Gasteiger partial charge is 0.475 e. The van der Waals surface area contributed by atoms with Gasteiger partial charge in [0.1, 0.15) is 30.8 Å². The number of carbonyl (C=O) groups excluding carboxylic acids is 1. The molecule has 11 nitrogen and oxygen atoms in total. The maximum atomic E-state index is 14.1. The van der Waals surface area contributed by atoms with E-state index in [0.717, 1.165) is 22.3 Å². The highest BCUT2D eigenvalue weighted by molar-refractivity contribution is 7.48. The minimum atomic E-state index is -4.39. The number of phosphoric ester groups is 1. The zero-order chi connectivity index (χ0) is 33.8. The van der Waals surface area contributed by atoms with Crippen LogP contribution in [0.15, 0.2) is 121 Å². The van der Waals surface area contributed by atoms with Crippen molar-refractivity contribution in [2.75, 3.05) is 20.8 Å². The number of carbonyl (C=O) groups is 1. The number of cyclic esters (lactones) is 1. The van der Waals surface area contributed by atoms with Crippen LogP contribution in [0.5, 0.6) is 11.5 Å². The number of methoxy groups -OCH3 is 2. The Kier molecular flexibility index (Phi) is 12.3. The molecular weight excluding hydrogens is 639 g/mol. The zero-order valence-electron chi connectivity index (χ0n) is 26.6. The van der Waals surface area contributed by atoms with Gasteiger partial charge in [0.25, 0.3) is 0 Å². The number of phosphoric acid groups is 1. The molecule has 4 aromatic carbocycles. The van der Waals surface area contributed by atoms with Gasteiger partial charge in [0.2, 0.25) is 5.76 Å². The van der Waals surface area contributed by atoms with Crippen LogP contribution in [0, 0.1) is 0 Å². The van der Waals surface area contributed by atoms with Crippen molar-refractivity contribution in [1.29, 1.82) is 0 Å². The Balaban J connectivity index is 1.40. The van der Waals surface area contributed by atoms with Gasteiger partial charge in [0.15, 0.2) is 11.9 Å². The van der Waals surface area contributed by atoms with Crippen LogP contribution in [-0.2, 0) is 63.6 Å². The number of esters is 1. The molecule has 0 fully saturated rings. The molecule has 0 aromatic heterocycles. The van der Waals surface area contributed by atoms with Gasteiger partial charge in [-0.1, -0.05) is 84.9 Å². The summed E-state index contributed by atoms with van der Waals surface area (Å²) in [5, 5.41) is 10.5. The first kappa shape index (κ1) is 34.7. The highest BCUT2D eigenvalue weighted by Gasteiger charge is 2.46. The summed E-state index contributed by atoms with van der Waals surface area (Å²) in [6.45, 7) is -0.940. The molecule has 0 amide bonds. The lowest BCUT2D eigenvalue weighted by Gasteiger charge is -2.27. The van der Waals surface area contributed by atoms with E-state index in [1.54, 1.807) is 87.0 Å². The molecule has 5 rings (SSSR count). The quantitative estimate of drug-likeness (QED) is 0.0917. The molecular formula is C36H37O11P. The Morgan fingerprint density at radius 2 is 1.12 bits per heavy atom. The third kappa shape index (κ3) is 9.47. The summed E-state index contributed by atoms with van der Waals surface area (Å²) in [4.78, 5) is 13.2. The Morgan fingerprint density at radius 3 is 1.58 bits per heavy atom. The number of ether oxygens (including phenoxy) is 5. The molecule has 0 bridgehead atoms. The van der Waals surface area contributed by atoms with E-state index in [1.165, 1.54) is 0 Å². The Bertz CT molecular complexity index is 1630. The first-order valence-corrected chi connectivity index (χ1v) is 16.6. The average molecular weight is 677 g/mol. The van der Waals surface area contributed by atoms with Crippen LogP contribution >= 0.6 is 7.82 Å². The second kappa shape index (κ2) is 17.0. The van der Waals surface area contributed by atoms with Gasteiger partial charge in [-0.15, -0.1) is 0 Å². The second-order valence-electron chi connectivity index (χ2n) is 10.6. The van der Waals surface area contributed by atoms with Crippen molar-refractivity contribution in [2.45, 2.75) is 38.6 Å². The van der Waals surface area contributed by atoms with Crippen LogP contribution in [0.4, 0.5) is 0 Å². The lowest BCUT2D eigenvalue weighted by molar-refractivity contribution is -0.148. The summed E-state index contributed by atoms with van der Waals surface area (Å²) < 4.78 is 59.7. The van der Waals surface area contributed by atoms with Gasteiger partial charge in [-0.2, -0.15) is 0 Å². The van der Waals surface area contributed by atoms with Gasteiger partial charge >= 0.3 is 13.8 Å². The molecule has 0 saturated heterocycles. The summed E-state index contributed by atoms with van der Waals surface area (Å²) in [7, 11) is -1.26. The normalized spacial score (nSPS) is 15.1. The number of benzene rings is 4. The third-order valence-electron chi connectivity index (χ3n) is 7.24. The molecule has 0 saturated carbocycles. The van der Waals surface area contributed by atoms with Crippen LogP contribution in [0.3, 0.4) is 0 Å². The zero-order valence-corrected chi connectivity index (χ0v) is 27.5. The number of aliphatic hydroxyl groups is 1. The van der Waals surface area contributed by atoms with Crippen LogP contribution in [0.25, 0.3) is 0 Å². The van der Waals surface area contributed by atoms with E-state index in [1.807, 2.05) is 36.4 Å². The van der Waals surface area contributed by atoms with Crippen molar-refractivity contribution in [1.82, 2.24) is 0 Å². The standard InChI is InChI=1S/C36H37O11P/c1-40-30-17-13-28(14-18-30)22-42-34-33(46-36(38)35(34)43-23-29-15-19-31(41-2)20-16-29)32(21-37)47-48(39,44-24-26-9-5-3-6-10-26)45-25-27-11-7-4-8-12-27/h3-20,32-33,37H,21-25H2,1-2H3/t32-,33+/m0/s1. The van der Waals surface area contributed by atoms with E-state index in [4.69, 9.17) is 37.3 Å². The van der Waals surface area contributed by atoms with Crippen molar-refractivity contribution in [3.63, 3.8) is 0 Å². The van der Waals surface area contributed by atoms with Crippen molar-refractivity contribution in [2.24, 2.45) is 0 Å². The van der Waals surface area contributed by atoms with Crippen molar-refractivity contribution >= 4 is 13.8 Å². The monoisotopic (exact) mass is 676 g/mol. The number of aliphatic hydroxyl groups excluding tert-OH is 1. The van der Waals surface area contributed by atoms with Gasteiger partial charge in [-0.3, -0.25) is 13.6 Å². The molecule has 0 aliphatic carbocycles. The highest BCUT2D eigenvalue weighted by atomic mass is 31.2. The fourth-order valence-corrected chi connectivity index (χ4v) is 5.96. The van der Waals surface area contributed by atoms with E-state index in [9.17, 15) is 14.5 Å². The summed E-state index contributed by atoms with van der Waals surface area (Å²) in [6.07, 6.45) is -2.76. The fraction of sp³-hybridized carbons (Fsp3) is 0.250. The lowest BCUT2D eigenvalue weighted by Crippen LogP contribution is -2.35. The molecule has 0 radical (unpaired) electrons. The summed E-state index contributed by atoms with van der Waals surface area (Å²) in [5.41, 5.74) is 2.93. The minimum absolute atomic E-state index is 0.0000584. The van der Waals surface area contributed by atoms with E-state index in [2.05, 4.69) is 0 Å². The minimum Gasteiger partial charge on any atom is -0.497 e. The Labute approximate surface area is 279 Å². The fourth-order valence-electron chi connectivity index (χ4n) is 4.64. The topological polar surface area (TPSA) is 128 Å². The molecule has 0 spiro atoms. The molecule has 12 heteroatoms. The summed E-state index contributed by atoms with van der Waals surface area (Å²) in [6, 6.07) is 32.4. The maximum absolute atomic E-state index is 14.1. The van der Waals surface area contributed by atoms with Crippen molar-refractivity contribution in [3.05, 3.63) is 143 Å². The largest absolute Gasteiger partial charge is 0.497 e. The predicted octanol–water partition coefficient (Wildman–Crippen LogP) is 6.49. The molecule has 1 aliphatic heterocycles. The van der Waals surface area contributed by atoms with E-state index in [0.29, 0.717) is 11.5 Å². The molecule has 1 heterocycles. The molecule has 252 valence electrons. The summed E-state index contributed by atoms with van der Waals surface area (Å²) >= 11 is 0. The molecule has 4 aromatic rings.